The monoisotopic (exact) mass is 2440 g/mol. The van der Waals surface area contributed by atoms with E-state index in [1.807, 2.05) is 136 Å². The second kappa shape index (κ2) is 48.6. The van der Waals surface area contributed by atoms with Crippen LogP contribution in [-0.2, 0) is 92.4 Å². The number of hydrogen-bond donors (Lipinski definition) is 0. The van der Waals surface area contributed by atoms with Gasteiger partial charge >= 0.3 is 0 Å². The minimum absolute atomic E-state index is 0. The second-order valence-corrected chi connectivity index (χ2v) is 58.2. The van der Waals surface area contributed by atoms with Crippen molar-refractivity contribution in [2.24, 2.45) is 29.1 Å². The molecule has 1 aliphatic carbocycles. The van der Waals surface area contributed by atoms with Gasteiger partial charge in [0.25, 0.3) is 0 Å². The van der Waals surface area contributed by atoms with Gasteiger partial charge in [-0.05, 0) is 222 Å². The number of para-hydroxylation sites is 1. The molecule has 0 bridgehead atoms. The van der Waals surface area contributed by atoms with Crippen molar-refractivity contribution in [3.05, 3.63) is 317 Å². The summed E-state index contributed by atoms with van der Waals surface area (Å²) in [6.07, 6.45) is 27.8. The molecule has 1 aliphatic rings. The van der Waals surface area contributed by atoms with Crippen LogP contribution in [0.3, 0.4) is 0 Å². The number of fused-ring (bicyclic) bond motifs is 9. The van der Waals surface area contributed by atoms with Gasteiger partial charge in [0.05, 0.1) is 41.0 Å². The molecule has 1 fully saturated rings. The number of rotatable bonds is 19. The molecule has 0 unspecified atom stereocenters. The summed E-state index contributed by atoms with van der Waals surface area (Å²) in [6, 6.07) is 78.0. The Kier molecular flexibility index (Phi) is 38.2. The molecule has 13 nitrogen and oxygen atoms in total. The van der Waals surface area contributed by atoms with Crippen molar-refractivity contribution in [3.63, 3.8) is 0 Å². The number of benzene rings is 5. The summed E-state index contributed by atoms with van der Waals surface area (Å²) in [5.74, 6) is 3.27. The maximum Gasteiger partial charge on any atom is 0.217 e. The van der Waals surface area contributed by atoms with Crippen molar-refractivity contribution >= 4 is 106 Å². The van der Waals surface area contributed by atoms with Gasteiger partial charge in [-0.15, -0.1) is 131 Å². The van der Waals surface area contributed by atoms with Crippen LogP contribution >= 0.6 is 0 Å². The van der Waals surface area contributed by atoms with Gasteiger partial charge < -0.3 is 43.2 Å². The quantitative estimate of drug-likeness (QED) is 0.0554. The van der Waals surface area contributed by atoms with Gasteiger partial charge in [-0.2, -0.15) is 0 Å². The van der Waals surface area contributed by atoms with Crippen LogP contribution in [0.5, 0.6) is 0 Å². The number of hydrogen-bond acceptors (Lipinski definition) is 13. The minimum atomic E-state index is -1.34. The van der Waals surface area contributed by atoms with E-state index in [2.05, 4.69) is 333 Å². The first kappa shape index (κ1) is 110. The van der Waals surface area contributed by atoms with Gasteiger partial charge in [0.1, 0.15) is 0 Å². The van der Waals surface area contributed by atoms with Crippen LogP contribution in [0, 0.1) is 100 Å². The fourth-order valence-electron chi connectivity index (χ4n) is 18.1. The van der Waals surface area contributed by atoms with Crippen LogP contribution in [-0.4, -0.2) is 74.1 Å². The van der Waals surface area contributed by atoms with E-state index in [-0.39, 0.29) is 65.7 Å². The summed E-state index contributed by atoms with van der Waals surface area (Å²) in [5.41, 5.74) is 31.1. The van der Waals surface area contributed by atoms with Crippen molar-refractivity contribution in [1.82, 2.24) is 49.8 Å². The normalized spacial score (nSPS) is 12.4. The number of aryl methyl sites for hydroxylation is 5. The Balaban J connectivity index is 0.000000161. The molecule has 19 rings (SSSR count). The van der Waals surface area contributed by atoms with Crippen LogP contribution in [0.15, 0.2) is 233 Å². The smallest absolute Gasteiger partial charge is 0.217 e. The maximum absolute atomic E-state index is 5.97. The van der Waals surface area contributed by atoms with Crippen molar-refractivity contribution < 1.29 is 73.6 Å². The third kappa shape index (κ3) is 28.8. The van der Waals surface area contributed by atoms with E-state index >= 15 is 0 Å². The van der Waals surface area contributed by atoms with Crippen molar-refractivity contribution in [3.8, 4) is 67.5 Å². The van der Waals surface area contributed by atoms with Gasteiger partial charge in [0, 0.05) is 131 Å². The number of aromatic nitrogens is 10. The van der Waals surface area contributed by atoms with Gasteiger partial charge in [-0.25, -0.2) is 9.97 Å². The predicted molar refractivity (Wildman–Crippen MR) is 580 cm³/mol. The van der Waals surface area contributed by atoms with Crippen molar-refractivity contribution in [2.75, 3.05) is 0 Å². The summed E-state index contributed by atoms with van der Waals surface area (Å²) in [5, 5.41) is 9.36. The molecule has 0 aliphatic heterocycles. The SMILES string of the molecule is CC(C)Cc1cc(-c2[c-]cccc2)ncc1[Si](C)(C)C.CC(C)Cc1cc(-c2[c-]cccc2)ncc1[Si](C)(C)C.CC(C)Cc1cc(-c2[c-]cccc2)ncc1[Si](C)(C)C.Cc1cc(C)c2c(n1)oc1[c-]c(-c3cc(C4CCCCC4)ccn3)cnc12.Cc1ccc2c(n1)oc1ccc(-c3cc(CC(C)C)c(C)cn3)[c-]c12.Cc1cnc(-c2[c-]c3c(nc2)oc2ccccc23)cc1CC(C)(C)C.[Ir].[Ir].[Ir]. The molecule has 0 atom stereocenters. The molecule has 19 heteroatoms. The van der Waals surface area contributed by atoms with Crippen molar-refractivity contribution in [1.29, 1.82) is 0 Å². The van der Waals surface area contributed by atoms with Gasteiger partial charge in [-0.1, -0.05) is 277 Å². The van der Waals surface area contributed by atoms with Crippen LogP contribution < -0.4 is 15.6 Å². The summed E-state index contributed by atoms with van der Waals surface area (Å²) in [6.45, 7) is 56.7. The molecule has 0 spiro atoms. The number of furan rings is 3. The van der Waals surface area contributed by atoms with E-state index in [1.165, 1.54) is 92.2 Å². The Bertz CT molecular complexity index is 6930. The van der Waals surface area contributed by atoms with E-state index in [0.717, 1.165) is 160 Å². The molecule has 0 N–H and O–H groups in total. The fourth-order valence-corrected chi connectivity index (χ4v) is 22.9. The molecule has 5 aromatic carbocycles. The van der Waals surface area contributed by atoms with Gasteiger partial charge in [0.2, 0.25) is 5.71 Å². The Hall–Kier alpha value is -10.4. The van der Waals surface area contributed by atoms with E-state index in [1.54, 1.807) is 6.20 Å². The molecular weight excluding hydrogens is 2300 g/mol. The molecule has 0 amide bonds. The molecule has 1 saturated carbocycles. The van der Waals surface area contributed by atoms with Crippen molar-refractivity contribution in [2.45, 2.75) is 240 Å². The summed E-state index contributed by atoms with van der Waals surface area (Å²) in [7, 11) is -4.02. The van der Waals surface area contributed by atoms with E-state index < -0.39 is 24.2 Å². The molecule has 140 heavy (non-hydrogen) atoms. The van der Waals surface area contributed by atoms with E-state index in [9.17, 15) is 0 Å². The summed E-state index contributed by atoms with van der Waals surface area (Å²) >= 11 is 0. The Morgan fingerprint density at radius 2 is 0.800 bits per heavy atom. The zero-order chi connectivity index (χ0) is 97.8. The number of nitrogens with zero attached hydrogens (tertiary/aromatic N) is 10. The standard InChI is InChI=1S/C23H22N3O.2C22H21N2O.3C18H24NSi.3Ir/c1-14-10-15(2)26-23-21(14)22-20(27-23)12-18(13-25-22)19-11-17(8-9-24-19)16-6-4-3-5-7-16;1-13(2)9-17-11-20(23-12-14(17)3)16-6-8-21-19(10-16)18-7-5-15(4)24-22(18)25-21;1-14-12-23-19(10-15(14)11-22(2,3)4)16-9-18-17-7-5-6-8-20(17)25-21(18)24-13-16;3*1-14(2)11-16-12-17(15-9-7-6-8-10-15)19-13-18(16)20(3,4)5;;;/h8-11,13,16H,3-7H2,1-2H3;5-8,11-13H,9H2,1-4H3;5-8,10,12-13H,11H2,1-4H3;3*6-9,12-14H,11H2,1-5H3;;;/q6*-1;;;. The topological polar surface area (TPSA) is 168 Å². The zero-order valence-corrected chi connectivity index (χ0v) is 96.6. The summed E-state index contributed by atoms with van der Waals surface area (Å²) in [4.78, 5) is 46.0. The Morgan fingerprint density at radius 1 is 0.357 bits per heavy atom. The Morgan fingerprint density at radius 3 is 1.31 bits per heavy atom. The van der Waals surface area contributed by atoms with Gasteiger partial charge in [0.15, 0.2) is 11.4 Å². The average Bonchev–Trinajstić information content (AvgIpc) is 1.37. The molecule has 18 aromatic rings. The third-order valence-corrected chi connectivity index (χ3v) is 31.0. The van der Waals surface area contributed by atoms with Crippen LogP contribution in [0.1, 0.15) is 176 Å². The maximum atomic E-state index is 5.97. The first-order valence-corrected chi connectivity index (χ1v) is 59.5. The zero-order valence-electron chi connectivity index (χ0n) is 86.4. The third-order valence-electron chi connectivity index (χ3n) is 24.8. The molecule has 3 radical (unpaired) electrons. The molecule has 0 saturated heterocycles. The Labute approximate surface area is 875 Å². The minimum Gasteiger partial charge on any atom is -0.482 e. The van der Waals surface area contributed by atoms with E-state index in [0.29, 0.717) is 52.3 Å². The van der Waals surface area contributed by atoms with Crippen LogP contribution in [0.2, 0.25) is 58.9 Å². The van der Waals surface area contributed by atoms with Gasteiger partial charge in [-0.3, -0.25) is 9.97 Å². The van der Waals surface area contributed by atoms with Crippen LogP contribution in [0.4, 0.5) is 0 Å². The summed E-state index contributed by atoms with van der Waals surface area (Å²) < 4.78 is 17.6. The fraction of sp³-hybridized carbons (Fsp3) is 0.339. The first-order chi connectivity index (χ1) is 65.2. The second-order valence-electron chi connectivity index (χ2n) is 43.1. The first-order valence-electron chi connectivity index (χ1n) is 49.0. The molecule has 13 aromatic heterocycles. The van der Waals surface area contributed by atoms with E-state index in [4.69, 9.17) is 13.3 Å². The predicted octanol–water partition coefficient (Wildman–Crippen LogP) is 30.2. The average molecular weight is 2440 g/mol. The molecule has 733 valence electrons. The van der Waals surface area contributed by atoms with Crippen LogP contribution in [0.25, 0.3) is 134 Å². The molecular formula is C121H136Ir3N10O3Si3-6. The molecule has 13 heterocycles. The number of pyridine rings is 10. The largest absolute Gasteiger partial charge is 0.482 e.